The van der Waals surface area contributed by atoms with E-state index < -0.39 is 0 Å². The van der Waals surface area contributed by atoms with Gasteiger partial charge in [0.2, 0.25) is 5.95 Å². The van der Waals surface area contributed by atoms with Crippen LogP contribution in [0, 0.1) is 12.8 Å². The van der Waals surface area contributed by atoms with Gasteiger partial charge in [-0.25, -0.2) is 4.98 Å². The Morgan fingerprint density at radius 1 is 1.16 bits per heavy atom. The van der Waals surface area contributed by atoms with Crippen molar-refractivity contribution in [2.75, 3.05) is 17.2 Å². The number of aromatic nitrogens is 2. The summed E-state index contributed by atoms with van der Waals surface area (Å²) in [6.07, 6.45) is 2.39. The number of aliphatic hydroxyl groups excluding tert-OH is 1. The number of nitrogens with zero attached hydrogens (tertiary/aromatic N) is 2. The van der Waals surface area contributed by atoms with Crippen LogP contribution in [0.15, 0.2) is 30.3 Å². The summed E-state index contributed by atoms with van der Waals surface area (Å²) < 4.78 is 0. The zero-order chi connectivity index (χ0) is 17.8. The van der Waals surface area contributed by atoms with Crippen molar-refractivity contribution in [3.05, 3.63) is 47.2 Å². The monoisotopic (exact) mass is 340 g/mol. The van der Waals surface area contributed by atoms with Gasteiger partial charge in [0.1, 0.15) is 5.82 Å². The molecular weight excluding hydrogens is 312 g/mol. The molecule has 1 aromatic heterocycles. The average Bonchev–Trinajstić information content (AvgIpc) is 3.44. The number of hydrogen-bond donors (Lipinski definition) is 3. The second-order valence-electron chi connectivity index (χ2n) is 7.29. The lowest BCUT2D eigenvalue weighted by Gasteiger charge is -2.20. The molecule has 25 heavy (non-hydrogen) atoms. The van der Waals surface area contributed by atoms with Gasteiger partial charge in [0.05, 0.1) is 18.3 Å². The van der Waals surface area contributed by atoms with E-state index in [2.05, 4.69) is 71.7 Å². The van der Waals surface area contributed by atoms with Gasteiger partial charge in [-0.05, 0) is 31.2 Å². The van der Waals surface area contributed by atoms with E-state index in [1.54, 1.807) is 0 Å². The lowest BCUT2D eigenvalue weighted by Crippen LogP contribution is -2.30. The SMILES string of the molecule is Cc1ccc(CNc2cc(C3CC3)nc(N[C@H](CO)C(C)C)n2)cc1. The molecule has 134 valence electrons. The first-order valence-electron chi connectivity index (χ1n) is 9.11. The molecule has 1 atom stereocenters. The maximum atomic E-state index is 9.56. The minimum atomic E-state index is -0.0422. The summed E-state index contributed by atoms with van der Waals surface area (Å²) >= 11 is 0. The van der Waals surface area contributed by atoms with Crippen molar-refractivity contribution in [1.29, 1.82) is 0 Å². The van der Waals surface area contributed by atoms with E-state index in [1.807, 2.05) is 0 Å². The Morgan fingerprint density at radius 2 is 1.88 bits per heavy atom. The molecule has 1 saturated carbocycles. The van der Waals surface area contributed by atoms with Gasteiger partial charge in [0.25, 0.3) is 0 Å². The smallest absolute Gasteiger partial charge is 0.225 e. The first-order chi connectivity index (χ1) is 12.0. The van der Waals surface area contributed by atoms with Crippen LogP contribution in [0.25, 0.3) is 0 Å². The molecule has 0 unspecified atom stereocenters. The highest BCUT2D eigenvalue weighted by Gasteiger charge is 2.26. The summed E-state index contributed by atoms with van der Waals surface area (Å²) in [5.41, 5.74) is 3.57. The Hall–Kier alpha value is -2.14. The van der Waals surface area contributed by atoms with Crippen molar-refractivity contribution in [2.24, 2.45) is 5.92 Å². The highest BCUT2D eigenvalue weighted by Crippen LogP contribution is 2.40. The molecule has 0 saturated heterocycles. The minimum absolute atomic E-state index is 0.0422. The van der Waals surface area contributed by atoms with Crippen molar-refractivity contribution in [3.63, 3.8) is 0 Å². The predicted octanol–water partition coefficient (Wildman–Crippen LogP) is 3.70. The Bertz CT molecular complexity index is 695. The number of hydrogen-bond acceptors (Lipinski definition) is 5. The summed E-state index contributed by atoms with van der Waals surface area (Å²) in [6, 6.07) is 10.5. The van der Waals surface area contributed by atoms with Gasteiger partial charge in [-0.2, -0.15) is 4.98 Å². The summed E-state index contributed by atoms with van der Waals surface area (Å²) in [6.45, 7) is 7.05. The number of aliphatic hydroxyl groups is 1. The second kappa shape index (κ2) is 7.83. The molecular formula is C20H28N4O. The molecule has 0 spiro atoms. The molecule has 0 amide bonds. The first kappa shape index (κ1) is 17.7. The molecule has 0 aliphatic heterocycles. The van der Waals surface area contributed by atoms with Crippen LogP contribution in [0.3, 0.4) is 0 Å². The zero-order valence-corrected chi connectivity index (χ0v) is 15.3. The molecule has 1 aromatic carbocycles. The molecule has 3 rings (SSSR count). The van der Waals surface area contributed by atoms with Gasteiger partial charge in [-0.3, -0.25) is 0 Å². The molecule has 3 N–H and O–H groups in total. The van der Waals surface area contributed by atoms with Gasteiger partial charge in [0.15, 0.2) is 0 Å². The molecule has 0 bridgehead atoms. The highest BCUT2D eigenvalue weighted by atomic mass is 16.3. The fourth-order valence-corrected chi connectivity index (χ4v) is 2.70. The summed E-state index contributed by atoms with van der Waals surface area (Å²) in [5, 5.41) is 16.3. The number of anilines is 2. The largest absolute Gasteiger partial charge is 0.394 e. The van der Waals surface area contributed by atoms with Crippen molar-refractivity contribution in [3.8, 4) is 0 Å². The highest BCUT2D eigenvalue weighted by molar-refractivity contribution is 5.45. The summed E-state index contributed by atoms with van der Waals surface area (Å²) in [4.78, 5) is 9.26. The standard InChI is InChI=1S/C20H28N4O/c1-13(2)18(12-25)23-20-22-17(16-8-9-16)10-19(24-20)21-11-15-6-4-14(3)5-7-15/h4-7,10,13,16,18,25H,8-9,11-12H2,1-3H3,(H2,21,22,23,24)/t18-/m1/s1. The first-order valence-corrected chi connectivity index (χ1v) is 9.11. The predicted molar refractivity (Wildman–Crippen MR) is 102 cm³/mol. The van der Waals surface area contributed by atoms with Crippen LogP contribution in [0.2, 0.25) is 0 Å². The van der Waals surface area contributed by atoms with E-state index in [-0.39, 0.29) is 12.6 Å². The molecule has 2 aromatic rings. The zero-order valence-electron chi connectivity index (χ0n) is 15.3. The van der Waals surface area contributed by atoms with Crippen LogP contribution in [0.1, 0.15) is 49.4 Å². The Morgan fingerprint density at radius 3 is 2.48 bits per heavy atom. The number of benzene rings is 1. The molecule has 5 heteroatoms. The molecule has 1 fully saturated rings. The molecule has 1 aliphatic rings. The van der Waals surface area contributed by atoms with Crippen LogP contribution in [0.4, 0.5) is 11.8 Å². The Balaban J connectivity index is 1.74. The summed E-state index contributed by atoms with van der Waals surface area (Å²) in [7, 11) is 0. The maximum Gasteiger partial charge on any atom is 0.225 e. The Kier molecular flexibility index (Phi) is 5.53. The van der Waals surface area contributed by atoms with Crippen LogP contribution in [-0.2, 0) is 6.54 Å². The topological polar surface area (TPSA) is 70.1 Å². The molecule has 1 heterocycles. The second-order valence-corrected chi connectivity index (χ2v) is 7.29. The van der Waals surface area contributed by atoms with Gasteiger partial charge >= 0.3 is 0 Å². The van der Waals surface area contributed by atoms with Crippen molar-refractivity contribution < 1.29 is 5.11 Å². The fourth-order valence-electron chi connectivity index (χ4n) is 2.70. The number of rotatable bonds is 8. The lowest BCUT2D eigenvalue weighted by molar-refractivity contribution is 0.248. The lowest BCUT2D eigenvalue weighted by atomic mass is 10.1. The quantitative estimate of drug-likeness (QED) is 0.683. The molecule has 1 aliphatic carbocycles. The third-order valence-corrected chi connectivity index (χ3v) is 4.65. The van der Waals surface area contributed by atoms with Gasteiger partial charge in [-0.1, -0.05) is 43.7 Å². The van der Waals surface area contributed by atoms with Crippen LogP contribution < -0.4 is 10.6 Å². The fraction of sp³-hybridized carbons (Fsp3) is 0.500. The average molecular weight is 340 g/mol. The van der Waals surface area contributed by atoms with Crippen LogP contribution >= 0.6 is 0 Å². The van der Waals surface area contributed by atoms with Crippen LogP contribution in [0.5, 0.6) is 0 Å². The van der Waals surface area contributed by atoms with E-state index in [4.69, 9.17) is 0 Å². The van der Waals surface area contributed by atoms with Crippen molar-refractivity contribution in [1.82, 2.24) is 9.97 Å². The van der Waals surface area contributed by atoms with E-state index in [1.165, 1.54) is 24.0 Å². The summed E-state index contributed by atoms with van der Waals surface area (Å²) in [5.74, 6) is 2.29. The Labute approximate surface area is 149 Å². The van der Waals surface area contributed by atoms with E-state index in [0.717, 1.165) is 18.1 Å². The molecule has 0 radical (unpaired) electrons. The minimum Gasteiger partial charge on any atom is -0.394 e. The van der Waals surface area contributed by atoms with Crippen LogP contribution in [-0.4, -0.2) is 27.7 Å². The van der Waals surface area contributed by atoms with E-state index in [0.29, 0.717) is 17.8 Å². The normalized spacial score (nSPS) is 15.2. The molecule has 5 nitrogen and oxygen atoms in total. The van der Waals surface area contributed by atoms with Crippen molar-refractivity contribution >= 4 is 11.8 Å². The number of nitrogens with one attached hydrogen (secondary N) is 2. The van der Waals surface area contributed by atoms with Gasteiger partial charge in [0, 0.05) is 18.5 Å². The van der Waals surface area contributed by atoms with E-state index in [9.17, 15) is 5.11 Å². The van der Waals surface area contributed by atoms with Gasteiger partial charge in [-0.15, -0.1) is 0 Å². The van der Waals surface area contributed by atoms with E-state index >= 15 is 0 Å². The number of aryl methyl sites for hydroxylation is 1. The van der Waals surface area contributed by atoms with Gasteiger partial charge < -0.3 is 15.7 Å². The van der Waals surface area contributed by atoms with Crippen molar-refractivity contribution in [2.45, 2.75) is 52.1 Å². The third kappa shape index (κ3) is 4.92. The maximum absolute atomic E-state index is 9.56. The third-order valence-electron chi connectivity index (χ3n) is 4.65.